The van der Waals surface area contributed by atoms with Gasteiger partial charge in [-0.15, -0.1) is 11.8 Å². The largest absolute Gasteiger partial charge is 0.417 e. The Morgan fingerprint density at radius 2 is 1.65 bits per heavy atom. The van der Waals surface area contributed by atoms with Crippen molar-refractivity contribution in [2.45, 2.75) is 17.2 Å². The third-order valence-electron chi connectivity index (χ3n) is 1.64. The number of halogens is 7. The van der Waals surface area contributed by atoms with E-state index in [-0.39, 0.29) is 11.8 Å². The molecule has 0 radical (unpaired) electrons. The second-order valence-electron chi connectivity index (χ2n) is 3.04. The Morgan fingerprint density at radius 1 is 1.06 bits per heavy atom. The molecule has 0 saturated heterocycles. The van der Waals surface area contributed by atoms with E-state index < -0.39 is 28.6 Å². The lowest BCUT2D eigenvalue weighted by Crippen LogP contribution is -2.12. The Balaban J connectivity index is 3.00. The van der Waals surface area contributed by atoms with E-state index in [1.165, 1.54) is 0 Å². The molecule has 1 rings (SSSR count). The van der Waals surface area contributed by atoms with Gasteiger partial charge >= 0.3 is 12.4 Å². The summed E-state index contributed by atoms with van der Waals surface area (Å²) in [7, 11) is 0. The zero-order valence-electron chi connectivity index (χ0n) is 7.99. The fraction of sp³-hybridized carbons (Fsp3) is 0.333. The van der Waals surface area contributed by atoms with Gasteiger partial charge in [0, 0.05) is 9.37 Å². The minimum atomic E-state index is -4.66. The van der Waals surface area contributed by atoms with Crippen LogP contribution >= 0.6 is 27.7 Å². The highest BCUT2D eigenvalue weighted by Crippen LogP contribution is 2.39. The number of alkyl halides is 6. The minimum absolute atomic E-state index is 0.120. The van der Waals surface area contributed by atoms with Crippen LogP contribution in [-0.4, -0.2) is 11.9 Å². The van der Waals surface area contributed by atoms with Crippen LogP contribution in [0.15, 0.2) is 27.6 Å². The highest BCUT2D eigenvalue weighted by Gasteiger charge is 2.35. The standard InChI is InChI=1S/C9H5BrF6S/c10-5-1-2-6(9(14,15)16)7(3-5)17-4-8(11,12)13/h1-3H,4H2. The lowest BCUT2D eigenvalue weighted by atomic mass is 10.2. The lowest BCUT2D eigenvalue weighted by Gasteiger charge is -2.13. The van der Waals surface area contributed by atoms with Crippen LogP contribution in [0.4, 0.5) is 26.3 Å². The molecule has 1 aromatic rings. The predicted octanol–water partition coefficient (Wildman–Crippen LogP) is 5.12. The third-order valence-corrected chi connectivity index (χ3v) is 3.25. The van der Waals surface area contributed by atoms with Gasteiger partial charge in [-0.2, -0.15) is 26.3 Å². The van der Waals surface area contributed by atoms with Gasteiger partial charge in [-0.3, -0.25) is 0 Å². The number of benzene rings is 1. The van der Waals surface area contributed by atoms with Gasteiger partial charge < -0.3 is 0 Å². The zero-order chi connectivity index (χ0) is 13.3. The van der Waals surface area contributed by atoms with Gasteiger partial charge in [-0.05, 0) is 18.2 Å². The smallest absolute Gasteiger partial charge is 0.170 e. The molecule has 0 aliphatic rings. The van der Waals surface area contributed by atoms with Crippen molar-refractivity contribution in [3.63, 3.8) is 0 Å². The van der Waals surface area contributed by atoms with Gasteiger partial charge in [0.15, 0.2) is 0 Å². The Morgan fingerprint density at radius 3 is 2.12 bits per heavy atom. The van der Waals surface area contributed by atoms with Crippen molar-refractivity contribution < 1.29 is 26.3 Å². The molecule has 0 spiro atoms. The first-order valence-corrected chi connectivity index (χ1v) is 5.94. The summed E-state index contributed by atoms with van der Waals surface area (Å²) >= 11 is 3.04. The van der Waals surface area contributed by atoms with Gasteiger partial charge in [0.05, 0.1) is 11.3 Å². The number of thioether (sulfide) groups is 1. The molecule has 0 fully saturated rings. The fourth-order valence-corrected chi connectivity index (χ4v) is 2.39. The van der Waals surface area contributed by atoms with E-state index in [9.17, 15) is 26.3 Å². The van der Waals surface area contributed by atoms with E-state index >= 15 is 0 Å². The molecular formula is C9H5BrF6S. The molecule has 0 aliphatic carbocycles. The predicted molar refractivity (Wildman–Crippen MR) is 55.9 cm³/mol. The summed E-state index contributed by atoms with van der Waals surface area (Å²) in [6.45, 7) is 0. The molecular weight excluding hydrogens is 334 g/mol. The molecule has 96 valence electrons. The first-order valence-electron chi connectivity index (χ1n) is 4.16. The maximum atomic E-state index is 12.5. The van der Waals surface area contributed by atoms with Crippen LogP contribution < -0.4 is 0 Å². The summed E-state index contributed by atoms with van der Waals surface area (Å²) in [5.41, 5.74) is -1.06. The SMILES string of the molecule is FC(F)(F)CSc1cc(Br)ccc1C(F)(F)F. The molecule has 1 aromatic carbocycles. The van der Waals surface area contributed by atoms with Crippen molar-refractivity contribution in [3.8, 4) is 0 Å². The maximum absolute atomic E-state index is 12.5. The van der Waals surface area contributed by atoms with E-state index in [2.05, 4.69) is 15.9 Å². The van der Waals surface area contributed by atoms with Crippen LogP contribution in [0.25, 0.3) is 0 Å². The summed E-state index contributed by atoms with van der Waals surface area (Å²) in [6, 6.07) is 2.92. The van der Waals surface area contributed by atoms with Crippen LogP contribution in [0.1, 0.15) is 5.56 Å². The van der Waals surface area contributed by atoms with Crippen LogP contribution in [0.2, 0.25) is 0 Å². The second kappa shape index (κ2) is 5.09. The molecule has 0 amide bonds. The molecule has 8 heteroatoms. The molecule has 0 heterocycles. The molecule has 0 atom stereocenters. The molecule has 0 aliphatic heterocycles. The monoisotopic (exact) mass is 338 g/mol. The van der Waals surface area contributed by atoms with E-state index in [0.717, 1.165) is 18.2 Å². The number of hydrogen-bond acceptors (Lipinski definition) is 1. The second-order valence-corrected chi connectivity index (χ2v) is 4.97. The van der Waals surface area contributed by atoms with Crippen LogP contribution in [0, 0.1) is 0 Å². The number of hydrogen-bond donors (Lipinski definition) is 0. The van der Waals surface area contributed by atoms with Crippen LogP contribution in [0.3, 0.4) is 0 Å². The van der Waals surface area contributed by atoms with Crippen molar-refractivity contribution in [1.29, 1.82) is 0 Å². The fourth-order valence-electron chi connectivity index (χ4n) is 1.01. The molecule has 0 N–H and O–H groups in total. The lowest BCUT2D eigenvalue weighted by molar-refractivity contribution is -0.139. The van der Waals surface area contributed by atoms with Crippen molar-refractivity contribution in [2.75, 3.05) is 5.75 Å². The van der Waals surface area contributed by atoms with Crippen molar-refractivity contribution in [2.24, 2.45) is 0 Å². The zero-order valence-corrected chi connectivity index (χ0v) is 10.4. The number of rotatable bonds is 2. The summed E-state index contributed by atoms with van der Waals surface area (Å²) in [5, 5.41) is 0. The molecule has 0 aromatic heterocycles. The van der Waals surface area contributed by atoms with Gasteiger partial charge in [-0.25, -0.2) is 0 Å². The highest BCUT2D eigenvalue weighted by molar-refractivity contribution is 9.10. The van der Waals surface area contributed by atoms with Crippen molar-refractivity contribution >= 4 is 27.7 Å². The average Bonchev–Trinajstić information content (AvgIpc) is 2.11. The van der Waals surface area contributed by atoms with Crippen molar-refractivity contribution in [1.82, 2.24) is 0 Å². The summed E-state index contributed by atoms with van der Waals surface area (Å²) in [5.74, 6) is -1.35. The molecule has 0 bridgehead atoms. The van der Waals surface area contributed by atoms with Gasteiger partial charge in [0.1, 0.15) is 0 Å². The normalized spacial score (nSPS) is 12.9. The Labute approximate surface area is 106 Å². The Bertz CT molecular complexity index is 397. The van der Waals surface area contributed by atoms with E-state index in [0.29, 0.717) is 4.47 Å². The highest BCUT2D eigenvalue weighted by atomic mass is 79.9. The quantitative estimate of drug-likeness (QED) is 0.532. The topological polar surface area (TPSA) is 0 Å². The summed E-state index contributed by atoms with van der Waals surface area (Å²) < 4.78 is 73.6. The van der Waals surface area contributed by atoms with E-state index in [1.54, 1.807) is 0 Å². The Kier molecular flexibility index (Phi) is 4.40. The average molecular weight is 339 g/mol. The maximum Gasteiger partial charge on any atom is 0.417 e. The van der Waals surface area contributed by atoms with Crippen LogP contribution in [0.5, 0.6) is 0 Å². The first-order chi connectivity index (χ1) is 7.59. The molecule has 0 nitrogen and oxygen atoms in total. The Hall–Kier alpha value is -0.370. The van der Waals surface area contributed by atoms with Gasteiger partial charge in [0.25, 0.3) is 0 Å². The van der Waals surface area contributed by atoms with Gasteiger partial charge in [-0.1, -0.05) is 15.9 Å². The summed E-state index contributed by atoms with van der Waals surface area (Å²) in [4.78, 5) is -0.441. The third kappa shape index (κ3) is 4.79. The van der Waals surface area contributed by atoms with Crippen LogP contribution in [-0.2, 0) is 6.18 Å². The van der Waals surface area contributed by atoms with E-state index in [4.69, 9.17) is 0 Å². The molecule has 0 unspecified atom stereocenters. The summed E-state index contributed by atoms with van der Waals surface area (Å²) in [6.07, 6.45) is -9.16. The van der Waals surface area contributed by atoms with Gasteiger partial charge in [0.2, 0.25) is 0 Å². The first kappa shape index (κ1) is 14.7. The van der Waals surface area contributed by atoms with Crippen molar-refractivity contribution in [3.05, 3.63) is 28.2 Å². The van der Waals surface area contributed by atoms with E-state index in [1.807, 2.05) is 0 Å². The minimum Gasteiger partial charge on any atom is -0.170 e. The molecule has 17 heavy (non-hydrogen) atoms. The molecule has 0 saturated carbocycles.